The quantitative estimate of drug-likeness (QED) is 0.561. The predicted octanol–water partition coefficient (Wildman–Crippen LogP) is 5.39. The Morgan fingerprint density at radius 1 is 0.842 bits per heavy atom. The van der Waals surface area contributed by atoms with Crippen LogP contribution >= 0.6 is 0 Å². The number of unbranched alkanes of at least 4 members (excludes halogenated alkanes) is 4. The summed E-state index contributed by atoms with van der Waals surface area (Å²) < 4.78 is 0. The molecule has 0 aromatic heterocycles. The minimum absolute atomic E-state index is 0.649. The molecule has 1 rings (SSSR count). The second kappa shape index (κ2) is 10.0. The molecule has 0 saturated heterocycles. The largest absolute Gasteiger partial charge is 0.326 e. The highest BCUT2D eigenvalue weighted by molar-refractivity contribution is 5.25. The van der Waals surface area contributed by atoms with Crippen LogP contribution in [0.4, 0.5) is 0 Å². The SMILES string of the molecule is CCCCCCC(CCCC)c1ccc(CN)cc1. The van der Waals surface area contributed by atoms with Crippen LogP contribution in [0.25, 0.3) is 0 Å². The molecule has 1 nitrogen and oxygen atoms in total. The molecule has 1 aromatic carbocycles. The molecule has 108 valence electrons. The smallest absolute Gasteiger partial charge is 0.0178 e. The highest BCUT2D eigenvalue weighted by Crippen LogP contribution is 2.28. The summed E-state index contributed by atoms with van der Waals surface area (Å²) in [7, 11) is 0. The Kier molecular flexibility index (Phi) is 8.57. The lowest BCUT2D eigenvalue weighted by molar-refractivity contribution is 0.509. The van der Waals surface area contributed by atoms with Crippen LogP contribution in [0.1, 0.15) is 82.3 Å². The summed E-state index contributed by atoms with van der Waals surface area (Å²) in [6.07, 6.45) is 10.8. The monoisotopic (exact) mass is 261 g/mol. The van der Waals surface area contributed by atoms with Gasteiger partial charge in [-0.2, -0.15) is 0 Å². The van der Waals surface area contributed by atoms with E-state index >= 15 is 0 Å². The van der Waals surface area contributed by atoms with Gasteiger partial charge in [0, 0.05) is 6.54 Å². The van der Waals surface area contributed by atoms with Crippen LogP contribution in [-0.2, 0) is 6.54 Å². The van der Waals surface area contributed by atoms with Gasteiger partial charge < -0.3 is 5.73 Å². The minimum Gasteiger partial charge on any atom is -0.326 e. The molecular formula is C18H31N. The third-order valence-electron chi connectivity index (χ3n) is 4.00. The fraction of sp³-hybridized carbons (Fsp3) is 0.667. The Balaban J connectivity index is 2.55. The summed E-state index contributed by atoms with van der Waals surface area (Å²) >= 11 is 0. The molecule has 0 aliphatic heterocycles. The van der Waals surface area contributed by atoms with Gasteiger partial charge in [-0.25, -0.2) is 0 Å². The van der Waals surface area contributed by atoms with Crippen LogP contribution < -0.4 is 5.73 Å². The zero-order valence-electron chi connectivity index (χ0n) is 12.8. The van der Waals surface area contributed by atoms with Crippen molar-refractivity contribution < 1.29 is 0 Å². The molecule has 0 heterocycles. The number of nitrogens with two attached hydrogens (primary N) is 1. The zero-order valence-corrected chi connectivity index (χ0v) is 12.8. The lowest BCUT2D eigenvalue weighted by atomic mass is 9.88. The second-order valence-electron chi connectivity index (χ2n) is 5.63. The van der Waals surface area contributed by atoms with E-state index < -0.39 is 0 Å². The molecule has 0 bridgehead atoms. The molecule has 0 aliphatic carbocycles. The number of benzene rings is 1. The Morgan fingerprint density at radius 3 is 2.05 bits per heavy atom. The second-order valence-corrected chi connectivity index (χ2v) is 5.63. The summed E-state index contributed by atoms with van der Waals surface area (Å²) in [5, 5.41) is 0. The molecule has 2 N–H and O–H groups in total. The maximum Gasteiger partial charge on any atom is 0.0178 e. The van der Waals surface area contributed by atoms with E-state index in [4.69, 9.17) is 5.73 Å². The van der Waals surface area contributed by atoms with Crippen molar-refractivity contribution in [2.45, 2.75) is 77.7 Å². The van der Waals surface area contributed by atoms with Gasteiger partial charge in [0.2, 0.25) is 0 Å². The lowest BCUT2D eigenvalue weighted by Crippen LogP contribution is -2.01. The van der Waals surface area contributed by atoms with Crippen molar-refractivity contribution >= 4 is 0 Å². The molecule has 0 aliphatic rings. The van der Waals surface area contributed by atoms with Crippen molar-refractivity contribution in [3.05, 3.63) is 35.4 Å². The van der Waals surface area contributed by atoms with Gasteiger partial charge in [-0.15, -0.1) is 0 Å². The van der Waals surface area contributed by atoms with E-state index in [2.05, 4.69) is 38.1 Å². The van der Waals surface area contributed by atoms with Gasteiger partial charge in [-0.1, -0.05) is 76.6 Å². The van der Waals surface area contributed by atoms with E-state index in [-0.39, 0.29) is 0 Å². The first kappa shape index (κ1) is 16.2. The Bertz CT molecular complexity index is 315. The highest BCUT2D eigenvalue weighted by Gasteiger charge is 2.10. The van der Waals surface area contributed by atoms with Crippen molar-refractivity contribution in [2.24, 2.45) is 5.73 Å². The van der Waals surface area contributed by atoms with Gasteiger partial charge in [0.05, 0.1) is 0 Å². The first-order valence-electron chi connectivity index (χ1n) is 8.10. The van der Waals surface area contributed by atoms with Crippen LogP contribution in [0.2, 0.25) is 0 Å². The average Bonchev–Trinajstić information content (AvgIpc) is 2.47. The van der Waals surface area contributed by atoms with E-state index in [1.165, 1.54) is 62.5 Å². The highest BCUT2D eigenvalue weighted by atomic mass is 14.5. The Hall–Kier alpha value is -0.820. The molecule has 1 atom stereocenters. The van der Waals surface area contributed by atoms with E-state index in [1.807, 2.05) is 0 Å². The average molecular weight is 261 g/mol. The first-order valence-corrected chi connectivity index (χ1v) is 8.10. The van der Waals surface area contributed by atoms with Crippen molar-refractivity contribution in [2.75, 3.05) is 0 Å². The van der Waals surface area contributed by atoms with Crippen molar-refractivity contribution in [1.82, 2.24) is 0 Å². The predicted molar refractivity (Wildman–Crippen MR) is 85.4 cm³/mol. The van der Waals surface area contributed by atoms with Gasteiger partial charge in [-0.3, -0.25) is 0 Å². The molecular weight excluding hydrogens is 230 g/mol. The first-order chi connectivity index (χ1) is 9.31. The molecule has 0 spiro atoms. The molecule has 1 unspecified atom stereocenters. The van der Waals surface area contributed by atoms with E-state index in [0.717, 1.165) is 5.92 Å². The lowest BCUT2D eigenvalue weighted by Gasteiger charge is -2.17. The summed E-state index contributed by atoms with van der Waals surface area (Å²) in [6.45, 7) is 5.21. The third-order valence-corrected chi connectivity index (χ3v) is 4.00. The molecule has 0 fully saturated rings. The van der Waals surface area contributed by atoms with Crippen LogP contribution in [0.3, 0.4) is 0 Å². The van der Waals surface area contributed by atoms with Gasteiger partial charge in [0.25, 0.3) is 0 Å². The molecule has 19 heavy (non-hydrogen) atoms. The van der Waals surface area contributed by atoms with Crippen LogP contribution in [0.15, 0.2) is 24.3 Å². The molecule has 0 amide bonds. The van der Waals surface area contributed by atoms with Crippen LogP contribution in [-0.4, -0.2) is 0 Å². The number of hydrogen-bond donors (Lipinski definition) is 1. The van der Waals surface area contributed by atoms with E-state index in [1.54, 1.807) is 0 Å². The van der Waals surface area contributed by atoms with Crippen molar-refractivity contribution in [3.63, 3.8) is 0 Å². The molecule has 1 aromatic rings. The molecule has 1 heteroatoms. The molecule has 0 saturated carbocycles. The van der Waals surface area contributed by atoms with Gasteiger partial charge >= 0.3 is 0 Å². The summed E-state index contributed by atoms with van der Waals surface area (Å²) in [6, 6.07) is 8.98. The van der Waals surface area contributed by atoms with Gasteiger partial charge in [-0.05, 0) is 29.9 Å². The standard InChI is InChI=1S/C18H31N/c1-3-5-7-8-10-17(9-6-4-2)18-13-11-16(15-19)12-14-18/h11-14,17H,3-10,15,19H2,1-2H3. The third kappa shape index (κ3) is 6.24. The maximum absolute atomic E-state index is 5.67. The van der Waals surface area contributed by atoms with E-state index in [0.29, 0.717) is 6.54 Å². The maximum atomic E-state index is 5.67. The van der Waals surface area contributed by atoms with Crippen LogP contribution in [0, 0.1) is 0 Å². The number of hydrogen-bond acceptors (Lipinski definition) is 1. The zero-order chi connectivity index (χ0) is 13.9. The fourth-order valence-electron chi connectivity index (χ4n) is 2.67. The van der Waals surface area contributed by atoms with Gasteiger partial charge in [0.1, 0.15) is 0 Å². The summed E-state index contributed by atoms with van der Waals surface area (Å²) in [4.78, 5) is 0. The van der Waals surface area contributed by atoms with Crippen molar-refractivity contribution in [3.8, 4) is 0 Å². The van der Waals surface area contributed by atoms with Crippen molar-refractivity contribution in [1.29, 1.82) is 0 Å². The summed E-state index contributed by atoms with van der Waals surface area (Å²) in [5.74, 6) is 0.753. The normalized spacial score (nSPS) is 12.6. The van der Waals surface area contributed by atoms with E-state index in [9.17, 15) is 0 Å². The molecule has 0 radical (unpaired) electrons. The Labute approximate surface area is 119 Å². The van der Waals surface area contributed by atoms with Gasteiger partial charge in [0.15, 0.2) is 0 Å². The Morgan fingerprint density at radius 2 is 1.47 bits per heavy atom. The topological polar surface area (TPSA) is 26.0 Å². The van der Waals surface area contributed by atoms with Crippen LogP contribution in [0.5, 0.6) is 0 Å². The number of rotatable bonds is 10. The fourth-order valence-corrected chi connectivity index (χ4v) is 2.67. The minimum atomic E-state index is 0.649. The summed E-state index contributed by atoms with van der Waals surface area (Å²) in [5.41, 5.74) is 8.43.